The number of halogens is 1. The molecule has 0 amide bonds. The Balaban J connectivity index is 2.78. The highest BCUT2D eigenvalue weighted by Crippen LogP contribution is 2.23. The van der Waals surface area contributed by atoms with Crippen molar-refractivity contribution in [2.75, 3.05) is 0 Å². The number of aromatic hydroxyl groups is 1. The molecule has 0 unspecified atom stereocenters. The molecule has 4 N–H and O–H groups in total. The smallest absolute Gasteiger partial charge is 0.320 e. The van der Waals surface area contributed by atoms with Crippen LogP contribution in [0.1, 0.15) is 5.56 Å². The molecular formula is C9H10ClNO3. The van der Waals surface area contributed by atoms with Gasteiger partial charge in [0.15, 0.2) is 0 Å². The predicted octanol–water partition coefficient (Wildman–Crippen LogP) is 1.00. The van der Waals surface area contributed by atoms with Crippen LogP contribution in [0.25, 0.3) is 0 Å². The van der Waals surface area contributed by atoms with Crippen LogP contribution in [0.2, 0.25) is 5.02 Å². The van der Waals surface area contributed by atoms with Crippen molar-refractivity contribution in [3.05, 3.63) is 28.8 Å². The molecule has 0 spiro atoms. The number of phenols is 1. The molecule has 0 fully saturated rings. The zero-order valence-corrected chi connectivity index (χ0v) is 8.03. The zero-order chi connectivity index (χ0) is 10.7. The number of carboxylic acid groups (broad SMARTS) is 1. The number of rotatable bonds is 3. The molecule has 0 aliphatic carbocycles. The van der Waals surface area contributed by atoms with E-state index in [0.717, 1.165) is 0 Å². The number of aliphatic carboxylic acids is 1. The molecule has 1 atom stereocenters. The minimum Gasteiger partial charge on any atom is -0.506 e. The number of hydrogen-bond donors (Lipinski definition) is 3. The van der Waals surface area contributed by atoms with Crippen molar-refractivity contribution in [3.8, 4) is 5.75 Å². The summed E-state index contributed by atoms with van der Waals surface area (Å²) in [6, 6.07) is 3.55. The van der Waals surface area contributed by atoms with Crippen LogP contribution in [-0.4, -0.2) is 22.2 Å². The third-order valence-corrected chi connectivity index (χ3v) is 2.09. The van der Waals surface area contributed by atoms with Gasteiger partial charge in [-0.05, 0) is 24.1 Å². The third-order valence-electron chi connectivity index (χ3n) is 1.78. The van der Waals surface area contributed by atoms with E-state index in [4.69, 9.17) is 27.5 Å². The second kappa shape index (κ2) is 4.30. The van der Waals surface area contributed by atoms with E-state index in [-0.39, 0.29) is 17.2 Å². The summed E-state index contributed by atoms with van der Waals surface area (Å²) in [7, 11) is 0. The minimum atomic E-state index is -1.06. The summed E-state index contributed by atoms with van der Waals surface area (Å²) < 4.78 is 0. The van der Waals surface area contributed by atoms with E-state index in [0.29, 0.717) is 5.56 Å². The van der Waals surface area contributed by atoms with Gasteiger partial charge in [-0.25, -0.2) is 0 Å². The van der Waals surface area contributed by atoms with Gasteiger partial charge in [-0.1, -0.05) is 17.7 Å². The molecule has 5 heteroatoms. The lowest BCUT2D eigenvalue weighted by Crippen LogP contribution is -2.32. The highest BCUT2D eigenvalue weighted by atomic mass is 35.5. The number of carboxylic acids is 1. The maximum atomic E-state index is 10.4. The SMILES string of the molecule is [15NH2][13C@@H]([13CH2][13c]1[13cH][13cH][13c](O)[13c](Cl)[13cH]1)[13C](=O)O. The Morgan fingerprint density at radius 1 is 1.57 bits per heavy atom. The van der Waals surface area contributed by atoms with E-state index < -0.39 is 12.0 Å². The van der Waals surface area contributed by atoms with Crippen LogP contribution in [-0.2, 0) is 11.2 Å². The summed E-state index contributed by atoms with van der Waals surface area (Å²) in [6.45, 7) is 0. The Kier molecular flexibility index (Phi) is 3.33. The fourth-order valence-electron chi connectivity index (χ4n) is 1.02. The van der Waals surface area contributed by atoms with Gasteiger partial charge in [0, 0.05) is 0 Å². The second-order valence-electron chi connectivity index (χ2n) is 2.93. The Bertz CT molecular complexity index is 354. The van der Waals surface area contributed by atoms with Gasteiger partial charge in [-0.3, -0.25) is 4.79 Å². The van der Waals surface area contributed by atoms with Crippen molar-refractivity contribution >= 4 is 17.6 Å². The monoisotopic (exact) mass is 225 g/mol. The highest BCUT2D eigenvalue weighted by molar-refractivity contribution is 6.32. The summed E-state index contributed by atoms with van der Waals surface area (Å²) in [5.41, 5.74) is 6.01. The molecule has 0 aliphatic heterocycles. The Morgan fingerprint density at radius 2 is 2.21 bits per heavy atom. The molecule has 14 heavy (non-hydrogen) atoms. The highest BCUT2D eigenvalue weighted by Gasteiger charge is 2.12. The summed E-state index contributed by atoms with van der Waals surface area (Å²) in [5, 5.41) is 17.9. The van der Waals surface area contributed by atoms with Crippen molar-refractivity contribution in [1.82, 2.24) is 0 Å². The standard InChI is InChI=1S/C9H10ClNO3/c10-6-3-5(1-2-8(6)12)4-7(11)9(13)14/h1-3,7,12H,4,11H2,(H,13,14)/t7-/m0/s1/i1+1,2+1,3+1,4+1,5+1,6+1,7+1,8+1,9+1,11+1. The van der Waals surface area contributed by atoms with Gasteiger partial charge in [0.1, 0.15) is 11.8 Å². The van der Waals surface area contributed by atoms with Crippen molar-refractivity contribution in [2.24, 2.45) is 5.73 Å². The van der Waals surface area contributed by atoms with Crippen LogP contribution in [0.15, 0.2) is 18.2 Å². The van der Waals surface area contributed by atoms with E-state index in [1.807, 2.05) is 0 Å². The molecule has 0 bridgehead atoms. The van der Waals surface area contributed by atoms with Crippen LogP contribution < -0.4 is 5.73 Å². The van der Waals surface area contributed by atoms with E-state index in [2.05, 4.69) is 0 Å². The first-order valence-electron chi connectivity index (χ1n) is 3.96. The van der Waals surface area contributed by atoms with Gasteiger partial charge in [-0.15, -0.1) is 0 Å². The lowest BCUT2D eigenvalue weighted by Gasteiger charge is -2.06. The maximum Gasteiger partial charge on any atom is 0.320 e. The Hall–Kier alpha value is -1.26. The first kappa shape index (κ1) is 10.8. The summed E-state index contributed by atoms with van der Waals surface area (Å²) in [5.74, 6) is -1.09. The van der Waals surface area contributed by atoms with Gasteiger partial charge in [0.25, 0.3) is 0 Å². The number of carbonyl (C=O) groups is 1. The molecule has 0 aliphatic rings. The summed E-state index contributed by atoms with van der Waals surface area (Å²) >= 11 is 5.64. The van der Waals surface area contributed by atoms with Crippen molar-refractivity contribution in [1.29, 1.82) is 0 Å². The molecule has 0 saturated heterocycles. The number of phenolic OH excluding ortho intramolecular Hbond substituents is 1. The van der Waals surface area contributed by atoms with Crippen molar-refractivity contribution in [2.45, 2.75) is 12.5 Å². The lowest BCUT2D eigenvalue weighted by molar-refractivity contribution is -0.138. The molecule has 0 aromatic heterocycles. The van der Waals surface area contributed by atoms with Crippen LogP contribution >= 0.6 is 11.6 Å². The van der Waals surface area contributed by atoms with E-state index in [1.54, 1.807) is 6.07 Å². The molecule has 1 aromatic carbocycles. The van der Waals surface area contributed by atoms with Crippen molar-refractivity contribution < 1.29 is 15.0 Å². The number of benzene rings is 1. The van der Waals surface area contributed by atoms with Gasteiger partial charge in [0.05, 0.1) is 5.02 Å². The lowest BCUT2D eigenvalue weighted by atomic mass is 11.1. The normalized spacial score (nSPS) is 12.4. The van der Waals surface area contributed by atoms with E-state index in [9.17, 15) is 4.79 Å². The van der Waals surface area contributed by atoms with Gasteiger partial charge >= 0.3 is 5.97 Å². The zero-order valence-electron chi connectivity index (χ0n) is 7.27. The first-order valence-corrected chi connectivity index (χ1v) is 4.34. The van der Waals surface area contributed by atoms with Crippen LogP contribution in [0.4, 0.5) is 0 Å². The average Bonchev–Trinajstić information content (AvgIpc) is 2.11. The van der Waals surface area contributed by atoms with E-state index >= 15 is 0 Å². The second-order valence-corrected chi connectivity index (χ2v) is 3.34. The van der Waals surface area contributed by atoms with Crippen molar-refractivity contribution in [3.63, 3.8) is 0 Å². The average molecular weight is 226 g/mol. The predicted molar refractivity (Wildman–Crippen MR) is 52.4 cm³/mol. The molecule has 0 saturated carbocycles. The fraction of sp³-hybridized carbons (Fsp3) is 0.222. The quantitative estimate of drug-likeness (QED) is 0.529. The van der Waals surface area contributed by atoms with Gasteiger partial charge < -0.3 is 15.9 Å². The largest absolute Gasteiger partial charge is 0.506 e. The molecule has 4 nitrogen and oxygen atoms in total. The number of hydrogen-bond acceptors (Lipinski definition) is 3. The van der Waals surface area contributed by atoms with E-state index in [1.165, 1.54) is 12.1 Å². The summed E-state index contributed by atoms with van der Waals surface area (Å²) in [6.07, 6.45) is 0.190. The van der Waals surface area contributed by atoms with Crippen LogP contribution in [0, 0.1) is 0 Å². The molecule has 0 radical (unpaired) electrons. The Labute approximate surface area is 85.9 Å². The molecule has 1 aromatic rings. The first-order chi connectivity index (χ1) is 6.50. The molecule has 0 heterocycles. The minimum absolute atomic E-state index is 0.0284. The summed E-state index contributed by atoms with van der Waals surface area (Å²) in [4.78, 5) is 10.4. The van der Waals surface area contributed by atoms with Gasteiger partial charge in [0.2, 0.25) is 0 Å². The molecular weight excluding hydrogens is 215 g/mol. The van der Waals surface area contributed by atoms with Crippen LogP contribution in [0.5, 0.6) is 5.75 Å². The fourth-order valence-corrected chi connectivity index (χ4v) is 1.22. The van der Waals surface area contributed by atoms with Gasteiger partial charge in [-0.2, -0.15) is 0 Å². The van der Waals surface area contributed by atoms with Crippen LogP contribution in [0.3, 0.4) is 0 Å². The maximum absolute atomic E-state index is 10.4. The third kappa shape index (κ3) is 2.61. The number of nitrogens with two attached hydrogens (primary N) is 1. The topological polar surface area (TPSA) is 83.5 Å². The molecule has 1 rings (SSSR count). The Morgan fingerprint density at radius 3 is 2.71 bits per heavy atom. The molecule has 76 valence electrons.